The van der Waals surface area contributed by atoms with Crippen molar-refractivity contribution < 1.29 is 9.53 Å². The highest BCUT2D eigenvalue weighted by Crippen LogP contribution is 2.34. The predicted octanol–water partition coefficient (Wildman–Crippen LogP) is 3.04. The van der Waals surface area contributed by atoms with Gasteiger partial charge in [0.05, 0.1) is 18.7 Å². The molecule has 0 N–H and O–H groups in total. The molecule has 0 radical (unpaired) electrons. The largest absolute Gasteiger partial charge is 0.449 e. The summed E-state index contributed by atoms with van der Waals surface area (Å²) in [7, 11) is 0. The summed E-state index contributed by atoms with van der Waals surface area (Å²) in [6.07, 6.45) is 4.64. The highest BCUT2D eigenvalue weighted by Gasteiger charge is 2.46. The number of rotatable bonds is 4. The van der Waals surface area contributed by atoms with E-state index in [1.165, 1.54) is 0 Å². The molecule has 0 spiro atoms. The number of hydrogen-bond acceptors (Lipinski definition) is 4. The van der Waals surface area contributed by atoms with Crippen molar-refractivity contribution in [3.05, 3.63) is 22.8 Å². The Morgan fingerprint density at radius 3 is 3.00 bits per heavy atom. The molecule has 0 saturated carbocycles. The Labute approximate surface area is 133 Å². The third kappa shape index (κ3) is 3.00. The van der Waals surface area contributed by atoms with Gasteiger partial charge >= 0.3 is 6.09 Å². The quantitative estimate of drug-likeness (QED) is 0.780. The van der Waals surface area contributed by atoms with Gasteiger partial charge in [-0.2, -0.15) is 0 Å². The Hall–Kier alpha value is -1.30. The molecule has 1 aromatic rings. The standard InChI is InChI=1S/C15H20BrN3O2/c1-2-3-6-21-15(20)19-10-12-8-13(19)9-18(12)14-7-11(16)4-5-17-14/h4-5,7,12-13H,2-3,6,8-10H2,1H3. The summed E-state index contributed by atoms with van der Waals surface area (Å²) in [6, 6.07) is 4.57. The Balaban J connectivity index is 1.60. The molecular weight excluding hydrogens is 334 g/mol. The molecule has 0 aliphatic carbocycles. The maximum Gasteiger partial charge on any atom is 0.410 e. The molecule has 1 amide bonds. The molecule has 6 heteroatoms. The zero-order valence-corrected chi connectivity index (χ0v) is 13.8. The number of carbonyl (C=O) groups excluding carboxylic acids is 1. The van der Waals surface area contributed by atoms with Gasteiger partial charge in [0.1, 0.15) is 5.82 Å². The van der Waals surface area contributed by atoms with Crippen LogP contribution in [-0.2, 0) is 4.74 Å². The summed E-state index contributed by atoms with van der Waals surface area (Å²) in [5, 5.41) is 0. The van der Waals surface area contributed by atoms with E-state index in [9.17, 15) is 4.79 Å². The van der Waals surface area contributed by atoms with Crippen LogP contribution in [0.2, 0.25) is 0 Å². The van der Waals surface area contributed by atoms with Crippen molar-refractivity contribution in [2.75, 3.05) is 24.6 Å². The third-order valence-electron chi connectivity index (χ3n) is 4.20. The zero-order chi connectivity index (χ0) is 14.8. The molecule has 2 bridgehead atoms. The smallest absolute Gasteiger partial charge is 0.410 e. The minimum atomic E-state index is -0.155. The molecule has 2 aliphatic rings. The minimum Gasteiger partial charge on any atom is -0.449 e. The average molecular weight is 354 g/mol. The van der Waals surface area contributed by atoms with E-state index in [1.54, 1.807) is 0 Å². The van der Waals surface area contributed by atoms with Gasteiger partial charge < -0.3 is 14.5 Å². The molecular formula is C15H20BrN3O2. The number of fused-ring (bicyclic) bond motifs is 2. The molecule has 2 atom stereocenters. The number of pyridine rings is 1. The minimum absolute atomic E-state index is 0.155. The summed E-state index contributed by atoms with van der Waals surface area (Å²) in [6.45, 7) is 4.20. The van der Waals surface area contributed by atoms with Crippen LogP contribution in [0.15, 0.2) is 22.8 Å². The van der Waals surface area contributed by atoms with Gasteiger partial charge in [-0.15, -0.1) is 0 Å². The molecule has 114 valence electrons. The highest BCUT2D eigenvalue weighted by atomic mass is 79.9. The first-order valence-electron chi connectivity index (χ1n) is 7.50. The normalized spacial score (nSPS) is 23.7. The Morgan fingerprint density at radius 2 is 2.33 bits per heavy atom. The van der Waals surface area contributed by atoms with Gasteiger partial charge in [-0.1, -0.05) is 29.3 Å². The number of aromatic nitrogens is 1. The van der Waals surface area contributed by atoms with Crippen LogP contribution in [0.1, 0.15) is 26.2 Å². The number of amides is 1. The summed E-state index contributed by atoms with van der Waals surface area (Å²) >= 11 is 3.48. The number of likely N-dealkylation sites (tertiary alicyclic amines) is 1. The van der Waals surface area contributed by atoms with Gasteiger partial charge in [0.25, 0.3) is 0 Å². The van der Waals surface area contributed by atoms with Gasteiger partial charge in [-0.25, -0.2) is 9.78 Å². The zero-order valence-electron chi connectivity index (χ0n) is 12.2. The molecule has 5 nitrogen and oxygen atoms in total. The number of unbranched alkanes of at least 4 members (excludes halogenated alkanes) is 1. The number of anilines is 1. The SMILES string of the molecule is CCCCOC(=O)N1CC2CC1CN2c1cc(Br)ccn1. The average Bonchev–Trinajstić information content (AvgIpc) is 3.07. The van der Waals surface area contributed by atoms with Crippen molar-refractivity contribution in [1.29, 1.82) is 0 Å². The van der Waals surface area contributed by atoms with E-state index in [-0.39, 0.29) is 12.1 Å². The predicted molar refractivity (Wildman–Crippen MR) is 84.4 cm³/mol. The van der Waals surface area contributed by atoms with Crippen LogP contribution in [0, 0.1) is 0 Å². The first kappa shape index (κ1) is 14.6. The Kier molecular flexibility index (Phi) is 4.33. The topological polar surface area (TPSA) is 45.7 Å². The second-order valence-corrected chi connectivity index (χ2v) is 6.56. The van der Waals surface area contributed by atoms with E-state index in [0.29, 0.717) is 12.6 Å². The molecule has 0 aromatic carbocycles. The van der Waals surface area contributed by atoms with Gasteiger partial charge in [0, 0.05) is 23.8 Å². The lowest BCUT2D eigenvalue weighted by Gasteiger charge is -2.34. The van der Waals surface area contributed by atoms with Crippen molar-refractivity contribution in [3.63, 3.8) is 0 Å². The number of piperazine rings is 1. The lowest BCUT2D eigenvalue weighted by atomic mass is 10.2. The maximum absolute atomic E-state index is 12.1. The van der Waals surface area contributed by atoms with E-state index in [0.717, 1.165) is 42.6 Å². The van der Waals surface area contributed by atoms with Crippen LogP contribution in [0.4, 0.5) is 10.6 Å². The van der Waals surface area contributed by atoms with Crippen molar-refractivity contribution >= 4 is 27.8 Å². The lowest BCUT2D eigenvalue weighted by molar-refractivity contribution is 0.0945. The van der Waals surface area contributed by atoms with E-state index in [1.807, 2.05) is 23.2 Å². The van der Waals surface area contributed by atoms with Crippen LogP contribution in [0.3, 0.4) is 0 Å². The van der Waals surface area contributed by atoms with Gasteiger partial charge in [-0.05, 0) is 25.0 Å². The van der Waals surface area contributed by atoms with Gasteiger partial charge in [-0.3, -0.25) is 0 Å². The summed E-state index contributed by atoms with van der Waals surface area (Å²) in [4.78, 5) is 20.7. The Morgan fingerprint density at radius 1 is 1.48 bits per heavy atom. The number of hydrogen-bond donors (Lipinski definition) is 0. The fraction of sp³-hybridized carbons (Fsp3) is 0.600. The summed E-state index contributed by atoms with van der Waals surface area (Å²) in [5.74, 6) is 0.982. The van der Waals surface area contributed by atoms with Crippen LogP contribution in [-0.4, -0.2) is 47.8 Å². The summed E-state index contributed by atoms with van der Waals surface area (Å²) in [5.41, 5.74) is 0. The van der Waals surface area contributed by atoms with Crippen LogP contribution < -0.4 is 4.90 Å². The van der Waals surface area contributed by atoms with Crippen molar-refractivity contribution in [2.45, 2.75) is 38.3 Å². The summed E-state index contributed by atoms with van der Waals surface area (Å²) < 4.78 is 6.36. The molecule has 2 saturated heterocycles. The lowest BCUT2D eigenvalue weighted by Crippen LogP contribution is -2.49. The van der Waals surface area contributed by atoms with Gasteiger partial charge in [0.2, 0.25) is 0 Å². The van der Waals surface area contributed by atoms with Crippen LogP contribution >= 0.6 is 15.9 Å². The first-order valence-corrected chi connectivity index (χ1v) is 8.30. The van der Waals surface area contributed by atoms with Crippen molar-refractivity contribution in [1.82, 2.24) is 9.88 Å². The van der Waals surface area contributed by atoms with Gasteiger partial charge in [0.15, 0.2) is 0 Å². The van der Waals surface area contributed by atoms with Crippen molar-refractivity contribution in [3.8, 4) is 0 Å². The molecule has 1 aromatic heterocycles. The van der Waals surface area contributed by atoms with E-state index in [2.05, 4.69) is 32.7 Å². The van der Waals surface area contributed by atoms with Crippen LogP contribution in [0.25, 0.3) is 0 Å². The van der Waals surface area contributed by atoms with Crippen molar-refractivity contribution in [2.24, 2.45) is 0 Å². The fourth-order valence-electron chi connectivity index (χ4n) is 3.11. The molecule has 21 heavy (non-hydrogen) atoms. The van der Waals surface area contributed by atoms with E-state index < -0.39 is 0 Å². The number of nitrogens with zero attached hydrogens (tertiary/aromatic N) is 3. The fourth-order valence-corrected chi connectivity index (χ4v) is 3.43. The van der Waals surface area contributed by atoms with E-state index >= 15 is 0 Å². The first-order chi connectivity index (χ1) is 10.2. The molecule has 3 rings (SSSR count). The molecule has 2 fully saturated rings. The monoisotopic (exact) mass is 353 g/mol. The highest BCUT2D eigenvalue weighted by molar-refractivity contribution is 9.10. The number of halogens is 1. The van der Waals surface area contributed by atoms with E-state index in [4.69, 9.17) is 4.74 Å². The maximum atomic E-state index is 12.1. The Bertz CT molecular complexity index is 525. The number of ether oxygens (including phenoxy) is 1. The molecule has 3 heterocycles. The third-order valence-corrected chi connectivity index (χ3v) is 4.69. The molecule has 2 aliphatic heterocycles. The second-order valence-electron chi connectivity index (χ2n) is 5.65. The molecule has 2 unspecified atom stereocenters. The second kappa shape index (κ2) is 6.22. The van der Waals surface area contributed by atoms with Crippen LogP contribution in [0.5, 0.6) is 0 Å². The number of carbonyl (C=O) groups is 1.